The van der Waals surface area contributed by atoms with Crippen LogP contribution in [0.5, 0.6) is 0 Å². The molecule has 0 radical (unpaired) electrons. The second-order valence-electron chi connectivity index (χ2n) is 9.02. The van der Waals surface area contributed by atoms with Gasteiger partial charge in [-0.1, -0.05) is 53.7 Å². The average molecular weight is 322 g/mol. The molecule has 3 nitrogen and oxygen atoms in total. The van der Waals surface area contributed by atoms with E-state index in [0.29, 0.717) is 0 Å². The van der Waals surface area contributed by atoms with Gasteiger partial charge in [0.2, 0.25) is 5.70 Å². The molecule has 0 bridgehead atoms. The number of carbonyl (C=O) groups excluding carboxylic acids is 1. The zero-order valence-electron chi connectivity index (χ0n) is 15.5. The second kappa shape index (κ2) is 5.02. The van der Waals surface area contributed by atoms with Crippen molar-refractivity contribution in [2.45, 2.75) is 65.2 Å². The number of nitrogens with zero attached hydrogens (tertiary/aromatic N) is 2. The zero-order chi connectivity index (χ0) is 17.9. The van der Waals surface area contributed by atoms with Gasteiger partial charge < -0.3 is 4.79 Å². The molecule has 0 N–H and O–H groups in total. The molecule has 1 heterocycles. The lowest BCUT2D eigenvalue weighted by Crippen LogP contribution is -2.51. The van der Waals surface area contributed by atoms with E-state index >= 15 is 0 Å². The lowest BCUT2D eigenvalue weighted by molar-refractivity contribution is -0.128. The summed E-state index contributed by atoms with van der Waals surface area (Å²) < 4.78 is 0. The van der Waals surface area contributed by atoms with Crippen molar-refractivity contribution >= 4 is 5.78 Å². The largest absolute Gasteiger partial charge is 0.307 e. The van der Waals surface area contributed by atoms with Crippen molar-refractivity contribution in [3.63, 3.8) is 0 Å². The minimum absolute atomic E-state index is 0.0181. The summed E-state index contributed by atoms with van der Waals surface area (Å²) in [5.74, 6) is 0.161. The summed E-state index contributed by atoms with van der Waals surface area (Å²) >= 11 is 0. The standard InChI is InChI=1S/C21H26N2O/c1-19(2,3)16-11-9-13-8-10-15-20(4,5)18(24)14(22-7)12-21(15,6)17(13)23-16/h9,11-12,15H,8,10H2,1-6H3/t15-,21-/m0/s1. The normalized spacial score (nSPS) is 28.5. The van der Waals surface area contributed by atoms with Gasteiger partial charge >= 0.3 is 0 Å². The molecule has 3 rings (SSSR count). The number of hydrogen-bond donors (Lipinski definition) is 0. The molecule has 0 saturated heterocycles. The molecular formula is C21H26N2O. The third kappa shape index (κ3) is 2.24. The van der Waals surface area contributed by atoms with Crippen molar-refractivity contribution in [3.05, 3.63) is 52.3 Å². The molecule has 1 aromatic heterocycles. The first kappa shape index (κ1) is 16.9. The molecule has 0 aromatic carbocycles. The monoisotopic (exact) mass is 322 g/mol. The topological polar surface area (TPSA) is 34.3 Å². The summed E-state index contributed by atoms with van der Waals surface area (Å²) in [5.41, 5.74) is 2.75. The Bertz CT molecular complexity index is 789. The number of fused-ring (bicyclic) bond motifs is 3. The van der Waals surface area contributed by atoms with Gasteiger partial charge in [0.1, 0.15) is 0 Å². The number of carbonyl (C=O) groups is 1. The molecule has 0 spiro atoms. The van der Waals surface area contributed by atoms with E-state index in [0.717, 1.165) is 24.2 Å². The second-order valence-corrected chi connectivity index (χ2v) is 9.02. The molecule has 2 atom stereocenters. The average Bonchev–Trinajstić information content (AvgIpc) is 2.50. The van der Waals surface area contributed by atoms with Crippen molar-refractivity contribution in [2.75, 3.05) is 0 Å². The minimum Gasteiger partial charge on any atom is -0.307 e. The lowest BCUT2D eigenvalue weighted by Gasteiger charge is -2.50. The van der Waals surface area contributed by atoms with E-state index in [1.165, 1.54) is 5.56 Å². The molecule has 3 heteroatoms. The summed E-state index contributed by atoms with van der Waals surface area (Å²) in [6.07, 6.45) is 3.81. The van der Waals surface area contributed by atoms with Crippen molar-refractivity contribution in [3.8, 4) is 0 Å². The Kier molecular flexibility index (Phi) is 3.53. The third-order valence-corrected chi connectivity index (χ3v) is 5.93. The number of aryl methyl sites for hydroxylation is 1. The highest BCUT2D eigenvalue weighted by molar-refractivity contribution is 6.02. The molecule has 2 aliphatic rings. The SMILES string of the molecule is [C-]#[N+]C1=C[C@]2(C)c3nc(C(C)(C)C)ccc3CC[C@H]2C(C)(C)C1=O. The molecule has 0 saturated carbocycles. The maximum atomic E-state index is 12.7. The Balaban J connectivity index is 2.27. The van der Waals surface area contributed by atoms with Gasteiger partial charge in [0.15, 0.2) is 5.78 Å². The molecule has 126 valence electrons. The van der Waals surface area contributed by atoms with E-state index in [9.17, 15) is 4.79 Å². The van der Waals surface area contributed by atoms with Gasteiger partial charge in [-0.05, 0) is 30.4 Å². The van der Waals surface area contributed by atoms with Crippen molar-refractivity contribution in [1.29, 1.82) is 0 Å². The number of rotatable bonds is 0. The summed E-state index contributed by atoms with van der Waals surface area (Å²) in [6.45, 7) is 20.1. The van der Waals surface area contributed by atoms with Gasteiger partial charge in [-0.25, -0.2) is 4.85 Å². The van der Waals surface area contributed by atoms with E-state index in [4.69, 9.17) is 11.6 Å². The van der Waals surface area contributed by atoms with Crippen LogP contribution in [-0.4, -0.2) is 10.8 Å². The molecule has 1 aromatic rings. The van der Waals surface area contributed by atoms with Crippen LogP contribution in [0.25, 0.3) is 4.85 Å². The molecule has 0 unspecified atom stereocenters. The summed E-state index contributed by atoms with van der Waals surface area (Å²) in [7, 11) is 0. The van der Waals surface area contributed by atoms with Crippen molar-refractivity contribution < 1.29 is 4.79 Å². The molecule has 2 aliphatic carbocycles. The van der Waals surface area contributed by atoms with Crippen LogP contribution in [0.15, 0.2) is 23.9 Å². The van der Waals surface area contributed by atoms with E-state index < -0.39 is 5.41 Å². The van der Waals surface area contributed by atoms with Crippen molar-refractivity contribution in [1.82, 2.24) is 4.98 Å². The van der Waals surface area contributed by atoms with Crippen LogP contribution >= 0.6 is 0 Å². The molecule has 24 heavy (non-hydrogen) atoms. The predicted octanol–water partition coefficient (Wildman–Crippen LogP) is 4.61. The van der Waals surface area contributed by atoms with Crippen LogP contribution in [0.1, 0.15) is 64.9 Å². The van der Waals surface area contributed by atoms with Gasteiger partial charge in [0, 0.05) is 21.9 Å². The fourth-order valence-corrected chi connectivity index (χ4v) is 4.54. The highest BCUT2D eigenvalue weighted by Crippen LogP contribution is 2.54. The summed E-state index contributed by atoms with van der Waals surface area (Å²) in [4.78, 5) is 21.3. The van der Waals surface area contributed by atoms with Gasteiger partial charge in [0.05, 0.1) is 12.3 Å². The fraction of sp³-hybridized carbons (Fsp3) is 0.571. The highest BCUT2D eigenvalue weighted by atomic mass is 16.1. The van der Waals surface area contributed by atoms with Gasteiger partial charge in [0.25, 0.3) is 0 Å². The maximum absolute atomic E-state index is 12.7. The first-order valence-corrected chi connectivity index (χ1v) is 8.68. The van der Waals surface area contributed by atoms with Crippen LogP contribution in [0.4, 0.5) is 0 Å². The van der Waals surface area contributed by atoms with Gasteiger partial charge in [-0.2, -0.15) is 0 Å². The van der Waals surface area contributed by atoms with Crippen LogP contribution in [-0.2, 0) is 22.0 Å². The lowest BCUT2D eigenvalue weighted by atomic mass is 9.53. The fourth-order valence-electron chi connectivity index (χ4n) is 4.54. The van der Waals surface area contributed by atoms with Gasteiger partial charge in [-0.15, -0.1) is 0 Å². The maximum Gasteiger partial charge on any atom is 0.226 e. The smallest absolute Gasteiger partial charge is 0.226 e. The first-order chi connectivity index (χ1) is 11.0. The van der Waals surface area contributed by atoms with E-state index in [-0.39, 0.29) is 28.2 Å². The van der Waals surface area contributed by atoms with Crippen LogP contribution in [0, 0.1) is 17.9 Å². The number of hydrogen-bond acceptors (Lipinski definition) is 2. The zero-order valence-corrected chi connectivity index (χ0v) is 15.5. The predicted molar refractivity (Wildman–Crippen MR) is 95.6 cm³/mol. The summed E-state index contributed by atoms with van der Waals surface area (Å²) in [5, 5.41) is 0. The number of ketones is 1. The van der Waals surface area contributed by atoms with Crippen LogP contribution < -0.4 is 0 Å². The molecule has 0 aliphatic heterocycles. The van der Waals surface area contributed by atoms with Crippen molar-refractivity contribution in [2.24, 2.45) is 11.3 Å². The highest BCUT2D eigenvalue weighted by Gasteiger charge is 2.54. The summed E-state index contributed by atoms with van der Waals surface area (Å²) in [6, 6.07) is 4.32. The molecule has 0 fully saturated rings. The number of Topliss-reactive ketones (excluding diaryl/α,β-unsaturated/α-hetero) is 1. The van der Waals surface area contributed by atoms with Crippen LogP contribution in [0.2, 0.25) is 0 Å². The number of pyridine rings is 1. The first-order valence-electron chi connectivity index (χ1n) is 8.68. The van der Waals surface area contributed by atoms with Crippen LogP contribution in [0.3, 0.4) is 0 Å². The molecule has 0 amide bonds. The Morgan fingerprint density at radius 1 is 1.25 bits per heavy atom. The Morgan fingerprint density at radius 3 is 2.50 bits per heavy atom. The molecular weight excluding hydrogens is 296 g/mol. The minimum atomic E-state index is -0.527. The number of aromatic nitrogens is 1. The van der Waals surface area contributed by atoms with E-state index in [1.54, 1.807) is 0 Å². The van der Waals surface area contributed by atoms with E-state index in [1.807, 2.05) is 19.9 Å². The van der Waals surface area contributed by atoms with E-state index in [2.05, 4.69) is 44.7 Å². The Hall–Kier alpha value is -1.95. The number of allylic oxidation sites excluding steroid dienone is 2. The van der Waals surface area contributed by atoms with Gasteiger partial charge in [-0.3, -0.25) is 4.98 Å². The quantitative estimate of drug-likeness (QED) is 0.654. The Labute approximate surface area is 145 Å². The third-order valence-electron chi connectivity index (χ3n) is 5.93. The Morgan fingerprint density at radius 2 is 1.92 bits per heavy atom.